The van der Waals surface area contributed by atoms with Crippen LogP contribution in [0.15, 0.2) is 60.0 Å². The first-order valence-electron chi connectivity index (χ1n) is 9.53. The molecular weight excluding hydrogens is 356 g/mol. The quantitative estimate of drug-likeness (QED) is 0.679. The lowest BCUT2D eigenvalue weighted by atomic mass is 10.1. The van der Waals surface area contributed by atoms with Crippen molar-refractivity contribution in [2.24, 2.45) is 0 Å². The number of β-amino-alcohol motifs (C(OH)–C–C–N with tert-alkyl or cyclic N) is 1. The van der Waals surface area contributed by atoms with Crippen LogP contribution in [-0.2, 0) is 6.54 Å². The molecule has 3 aromatic rings. The number of benzene rings is 2. The van der Waals surface area contributed by atoms with Gasteiger partial charge in [-0.3, -0.25) is 9.80 Å². The number of ether oxygens (including phenoxy) is 1. The number of piperazine rings is 1. The molecule has 1 aliphatic heterocycles. The van der Waals surface area contributed by atoms with E-state index in [9.17, 15) is 5.11 Å². The van der Waals surface area contributed by atoms with Gasteiger partial charge in [0.2, 0.25) is 0 Å². The Bertz CT molecular complexity index is 844. The number of nitrogens with zero attached hydrogens (tertiary/aromatic N) is 2. The Morgan fingerprint density at radius 1 is 0.926 bits per heavy atom. The van der Waals surface area contributed by atoms with Gasteiger partial charge < -0.3 is 9.84 Å². The van der Waals surface area contributed by atoms with E-state index >= 15 is 0 Å². The maximum Gasteiger partial charge on any atom is 0.119 e. The van der Waals surface area contributed by atoms with Crippen molar-refractivity contribution in [2.45, 2.75) is 12.6 Å². The lowest BCUT2D eigenvalue weighted by Crippen LogP contribution is -2.48. The molecule has 1 N–H and O–H groups in total. The minimum Gasteiger partial charge on any atom is -0.491 e. The van der Waals surface area contributed by atoms with Crippen LogP contribution in [0.25, 0.3) is 10.1 Å². The molecular formula is C22H26N2O2S. The summed E-state index contributed by atoms with van der Waals surface area (Å²) < 4.78 is 7.02. The van der Waals surface area contributed by atoms with Crippen molar-refractivity contribution < 1.29 is 9.84 Å². The fourth-order valence-corrected chi connectivity index (χ4v) is 4.54. The molecule has 0 unspecified atom stereocenters. The van der Waals surface area contributed by atoms with Gasteiger partial charge in [-0.2, -0.15) is 0 Å². The van der Waals surface area contributed by atoms with E-state index in [0.717, 1.165) is 38.5 Å². The maximum absolute atomic E-state index is 10.3. The number of fused-ring (bicyclic) bond motifs is 1. The second-order valence-corrected chi connectivity index (χ2v) is 8.02. The van der Waals surface area contributed by atoms with Crippen LogP contribution >= 0.6 is 11.3 Å². The third-order valence-corrected chi connectivity index (χ3v) is 6.09. The smallest absolute Gasteiger partial charge is 0.119 e. The number of aliphatic hydroxyl groups is 1. The normalized spacial score (nSPS) is 17.2. The molecule has 0 saturated carbocycles. The molecule has 5 heteroatoms. The average molecular weight is 383 g/mol. The van der Waals surface area contributed by atoms with Crippen LogP contribution in [-0.4, -0.2) is 60.3 Å². The van der Waals surface area contributed by atoms with Gasteiger partial charge in [-0.1, -0.05) is 36.4 Å². The van der Waals surface area contributed by atoms with Crippen LogP contribution < -0.4 is 4.74 Å². The van der Waals surface area contributed by atoms with Crippen LogP contribution in [0, 0.1) is 0 Å². The summed E-state index contributed by atoms with van der Waals surface area (Å²) in [5, 5.41) is 14.0. The number of thiophene rings is 1. The van der Waals surface area contributed by atoms with Gasteiger partial charge in [0, 0.05) is 44.0 Å². The first-order chi connectivity index (χ1) is 13.3. The average Bonchev–Trinajstić information content (AvgIpc) is 3.12. The Morgan fingerprint density at radius 2 is 1.63 bits per heavy atom. The molecule has 142 valence electrons. The van der Waals surface area contributed by atoms with Crippen LogP contribution in [0.3, 0.4) is 0 Å². The third-order valence-electron chi connectivity index (χ3n) is 5.07. The molecule has 1 fully saturated rings. The second-order valence-electron chi connectivity index (χ2n) is 7.11. The zero-order valence-corrected chi connectivity index (χ0v) is 16.3. The third kappa shape index (κ3) is 4.87. The van der Waals surface area contributed by atoms with Crippen molar-refractivity contribution in [1.82, 2.24) is 9.80 Å². The molecule has 4 rings (SSSR count). The molecule has 0 spiro atoms. The SMILES string of the molecule is O[C@@H](COc1ccccc1)CN1CCN(Cc2csc3ccccc23)CC1. The van der Waals surface area contributed by atoms with E-state index in [1.807, 2.05) is 41.7 Å². The Kier molecular flexibility index (Phi) is 6.04. The van der Waals surface area contributed by atoms with Crippen molar-refractivity contribution in [3.05, 3.63) is 65.5 Å². The molecule has 1 aliphatic rings. The van der Waals surface area contributed by atoms with Gasteiger partial charge in [-0.25, -0.2) is 0 Å². The summed E-state index contributed by atoms with van der Waals surface area (Å²) >= 11 is 1.83. The highest BCUT2D eigenvalue weighted by Crippen LogP contribution is 2.26. The highest BCUT2D eigenvalue weighted by molar-refractivity contribution is 7.17. The molecule has 4 nitrogen and oxygen atoms in total. The largest absolute Gasteiger partial charge is 0.491 e. The van der Waals surface area contributed by atoms with Gasteiger partial charge in [-0.05, 0) is 34.5 Å². The summed E-state index contributed by atoms with van der Waals surface area (Å²) in [7, 11) is 0. The van der Waals surface area contributed by atoms with E-state index in [0.29, 0.717) is 13.2 Å². The first-order valence-corrected chi connectivity index (χ1v) is 10.4. The van der Waals surface area contributed by atoms with E-state index in [1.165, 1.54) is 15.6 Å². The second kappa shape index (κ2) is 8.85. The number of rotatable bonds is 7. The monoisotopic (exact) mass is 382 g/mol. The number of aliphatic hydroxyl groups excluding tert-OH is 1. The van der Waals surface area contributed by atoms with E-state index < -0.39 is 6.10 Å². The van der Waals surface area contributed by atoms with E-state index in [1.54, 1.807) is 0 Å². The Hall–Kier alpha value is -1.92. The van der Waals surface area contributed by atoms with Crippen molar-refractivity contribution in [1.29, 1.82) is 0 Å². The first kappa shape index (κ1) is 18.4. The van der Waals surface area contributed by atoms with Gasteiger partial charge >= 0.3 is 0 Å². The maximum atomic E-state index is 10.3. The lowest BCUT2D eigenvalue weighted by molar-refractivity contribution is 0.0447. The molecule has 27 heavy (non-hydrogen) atoms. The summed E-state index contributed by atoms with van der Waals surface area (Å²) in [6.45, 7) is 6.08. The topological polar surface area (TPSA) is 35.9 Å². The highest BCUT2D eigenvalue weighted by Gasteiger charge is 2.20. The molecule has 0 radical (unpaired) electrons. The lowest BCUT2D eigenvalue weighted by Gasteiger charge is -2.35. The molecule has 1 saturated heterocycles. The molecule has 0 aliphatic carbocycles. The summed E-state index contributed by atoms with van der Waals surface area (Å²) in [6, 6.07) is 18.3. The Morgan fingerprint density at radius 3 is 2.44 bits per heavy atom. The van der Waals surface area contributed by atoms with Gasteiger partial charge in [-0.15, -0.1) is 11.3 Å². The molecule has 0 bridgehead atoms. The van der Waals surface area contributed by atoms with Gasteiger partial charge in [0.05, 0.1) is 0 Å². The molecule has 0 amide bonds. The molecule has 2 aromatic carbocycles. The fraction of sp³-hybridized carbons (Fsp3) is 0.364. The van der Waals surface area contributed by atoms with Crippen LogP contribution in [0.5, 0.6) is 5.75 Å². The predicted molar refractivity (Wildman–Crippen MR) is 111 cm³/mol. The van der Waals surface area contributed by atoms with Crippen molar-refractivity contribution >= 4 is 21.4 Å². The molecule has 2 heterocycles. The van der Waals surface area contributed by atoms with Crippen LogP contribution in [0.2, 0.25) is 0 Å². The number of hydrogen-bond donors (Lipinski definition) is 1. The summed E-state index contributed by atoms with van der Waals surface area (Å²) in [5.41, 5.74) is 1.43. The fourth-order valence-electron chi connectivity index (χ4n) is 3.59. The molecule has 1 atom stereocenters. The van der Waals surface area contributed by atoms with E-state index in [2.05, 4.69) is 39.4 Å². The zero-order chi connectivity index (χ0) is 18.5. The van der Waals surface area contributed by atoms with Gasteiger partial charge in [0.1, 0.15) is 18.5 Å². The Balaban J connectivity index is 1.22. The van der Waals surface area contributed by atoms with E-state index in [-0.39, 0.29) is 0 Å². The zero-order valence-electron chi connectivity index (χ0n) is 15.5. The summed E-state index contributed by atoms with van der Waals surface area (Å²) in [5.74, 6) is 0.810. The van der Waals surface area contributed by atoms with Crippen molar-refractivity contribution in [3.8, 4) is 5.75 Å². The summed E-state index contributed by atoms with van der Waals surface area (Å²) in [6.07, 6.45) is -0.461. The van der Waals surface area contributed by atoms with Crippen LogP contribution in [0.1, 0.15) is 5.56 Å². The van der Waals surface area contributed by atoms with Crippen molar-refractivity contribution in [2.75, 3.05) is 39.3 Å². The van der Waals surface area contributed by atoms with Gasteiger partial charge in [0.25, 0.3) is 0 Å². The van der Waals surface area contributed by atoms with Gasteiger partial charge in [0.15, 0.2) is 0 Å². The number of hydrogen-bond acceptors (Lipinski definition) is 5. The standard InChI is InChI=1S/C22H26N2O2S/c25-19(16-26-20-6-2-1-3-7-20)15-24-12-10-23(11-13-24)14-18-17-27-22-9-5-4-8-21(18)22/h1-9,17,19,25H,10-16H2/t19-/m1/s1. The highest BCUT2D eigenvalue weighted by atomic mass is 32.1. The number of para-hydroxylation sites is 1. The van der Waals surface area contributed by atoms with Crippen molar-refractivity contribution in [3.63, 3.8) is 0 Å². The predicted octanol–water partition coefficient (Wildman–Crippen LogP) is 3.46. The van der Waals surface area contributed by atoms with Crippen LogP contribution in [0.4, 0.5) is 0 Å². The minimum atomic E-state index is -0.461. The molecule has 1 aromatic heterocycles. The summed E-state index contributed by atoms with van der Waals surface area (Å²) in [4.78, 5) is 4.85. The Labute approximate surface area is 164 Å². The van der Waals surface area contributed by atoms with E-state index in [4.69, 9.17) is 4.74 Å². The minimum absolute atomic E-state index is 0.338.